The van der Waals surface area contributed by atoms with Crippen LogP contribution in [0.1, 0.15) is 5.56 Å². The van der Waals surface area contributed by atoms with Crippen LogP contribution in [-0.4, -0.2) is 24.8 Å². The van der Waals surface area contributed by atoms with Gasteiger partial charge in [-0.25, -0.2) is 4.79 Å². The number of amides is 2. The fourth-order valence-electron chi connectivity index (χ4n) is 2.02. The number of hydrogen-bond donors (Lipinski definition) is 2. The standard InChI is InChI=1S/C16H19N3O4/c1-19-10-12(5-7-15(19)20)18-16(21)17-9-11-4-6-13(22-2)14(8-11)23-3/h4-8,10H,9H2,1-3H3,(H2,17,18,21). The Morgan fingerprint density at radius 1 is 1.13 bits per heavy atom. The molecule has 0 bridgehead atoms. The topological polar surface area (TPSA) is 81.6 Å². The van der Waals surface area contributed by atoms with E-state index in [1.54, 1.807) is 45.7 Å². The summed E-state index contributed by atoms with van der Waals surface area (Å²) in [6, 6.07) is 8.00. The number of rotatable bonds is 5. The molecule has 0 saturated heterocycles. The fourth-order valence-corrected chi connectivity index (χ4v) is 2.02. The van der Waals surface area contributed by atoms with Crippen LogP contribution in [0.25, 0.3) is 0 Å². The highest BCUT2D eigenvalue weighted by molar-refractivity contribution is 5.88. The zero-order valence-corrected chi connectivity index (χ0v) is 13.3. The number of anilines is 1. The molecule has 0 atom stereocenters. The highest BCUT2D eigenvalue weighted by atomic mass is 16.5. The third-order valence-corrected chi connectivity index (χ3v) is 3.24. The molecule has 122 valence electrons. The number of aryl methyl sites for hydroxylation is 1. The second kappa shape index (κ2) is 7.35. The normalized spacial score (nSPS) is 10.0. The van der Waals surface area contributed by atoms with E-state index in [1.165, 1.54) is 10.6 Å². The van der Waals surface area contributed by atoms with Gasteiger partial charge in [0.15, 0.2) is 11.5 Å². The van der Waals surface area contributed by atoms with Crippen molar-refractivity contribution in [2.45, 2.75) is 6.54 Å². The van der Waals surface area contributed by atoms with Gasteiger partial charge < -0.3 is 24.7 Å². The average molecular weight is 317 g/mol. The van der Waals surface area contributed by atoms with Crippen molar-refractivity contribution in [2.24, 2.45) is 7.05 Å². The molecule has 0 spiro atoms. The predicted octanol–water partition coefficient (Wildman–Crippen LogP) is 1.72. The second-order valence-electron chi connectivity index (χ2n) is 4.86. The minimum absolute atomic E-state index is 0.138. The third-order valence-electron chi connectivity index (χ3n) is 3.24. The Morgan fingerprint density at radius 3 is 2.52 bits per heavy atom. The lowest BCUT2D eigenvalue weighted by Gasteiger charge is -2.11. The molecule has 0 aliphatic rings. The molecule has 1 heterocycles. The monoisotopic (exact) mass is 317 g/mol. The zero-order chi connectivity index (χ0) is 16.8. The van der Waals surface area contributed by atoms with Crippen LogP contribution >= 0.6 is 0 Å². The molecule has 1 aromatic heterocycles. The van der Waals surface area contributed by atoms with Crippen molar-refractivity contribution in [2.75, 3.05) is 19.5 Å². The summed E-state index contributed by atoms with van der Waals surface area (Å²) in [5, 5.41) is 5.40. The summed E-state index contributed by atoms with van der Waals surface area (Å²) in [5.41, 5.74) is 1.27. The molecule has 2 amide bonds. The van der Waals surface area contributed by atoms with Crippen molar-refractivity contribution in [3.8, 4) is 11.5 Å². The van der Waals surface area contributed by atoms with Crippen LogP contribution in [0.15, 0.2) is 41.3 Å². The first-order valence-corrected chi connectivity index (χ1v) is 6.96. The molecule has 0 radical (unpaired) electrons. The van der Waals surface area contributed by atoms with E-state index >= 15 is 0 Å². The van der Waals surface area contributed by atoms with E-state index in [-0.39, 0.29) is 11.6 Å². The van der Waals surface area contributed by atoms with Crippen LogP contribution < -0.4 is 25.7 Å². The van der Waals surface area contributed by atoms with Crippen LogP contribution in [0.2, 0.25) is 0 Å². The van der Waals surface area contributed by atoms with Gasteiger partial charge in [-0.2, -0.15) is 0 Å². The van der Waals surface area contributed by atoms with E-state index in [0.717, 1.165) is 5.56 Å². The molecule has 0 aliphatic carbocycles. The van der Waals surface area contributed by atoms with Crippen LogP contribution in [0.4, 0.5) is 10.5 Å². The smallest absolute Gasteiger partial charge is 0.319 e. The van der Waals surface area contributed by atoms with E-state index in [0.29, 0.717) is 23.7 Å². The Kier molecular flexibility index (Phi) is 5.24. The average Bonchev–Trinajstić information content (AvgIpc) is 2.56. The lowest BCUT2D eigenvalue weighted by molar-refractivity contribution is 0.251. The number of carbonyl (C=O) groups excluding carboxylic acids is 1. The fraction of sp³-hybridized carbons (Fsp3) is 0.250. The number of benzene rings is 1. The maximum atomic E-state index is 11.9. The lowest BCUT2D eigenvalue weighted by Crippen LogP contribution is -2.28. The van der Waals surface area contributed by atoms with Gasteiger partial charge in [-0.1, -0.05) is 6.07 Å². The molecule has 23 heavy (non-hydrogen) atoms. The van der Waals surface area contributed by atoms with Gasteiger partial charge in [0.2, 0.25) is 5.56 Å². The molecule has 2 rings (SSSR count). The second-order valence-corrected chi connectivity index (χ2v) is 4.86. The van der Waals surface area contributed by atoms with Crippen molar-refractivity contribution < 1.29 is 14.3 Å². The quantitative estimate of drug-likeness (QED) is 0.880. The van der Waals surface area contributed by atoms with Crippen molar-refractivity contribution in [1.29, 1.82) is 0 Å². The molecule has 7 heteroatoms. The van der Waals surface area contributed by atoms with Crippen LogP contribution in [-0.2, 0) is 13.6 Å². The van der Waals surface area contributed by atoms with E-state index < -0.39 is 0 Å². The number of nitrogens with one attached hydrogen (secondary N) is 2. The van der Waals surface area contributed by atoms with Gasteiger partial charge in [0.1, 0.15) is 0 Å². The SMILES string of the molecule is COc1ccc(CNC(=O)Nc2ccc(=O)n(C)c2)cc1OC. The molecule has 0 unspecified atom stereocenters. The highest BCUT2D eigenvalue weighted by Crippen LogP contribution is 2.27. The molecule has 2 N–H and O–H groups in total. The minimum atomic E-state index is -0.363. The van der Waals surface area contributed by atoms with Gasteiger partial charge in [-0.15, -0.1) is 0 Å². The molecule has 7 nitrogen and oxygen atoms in total. The van der Waals surface area contributed by atoms with Crippen molar-refractivity contribution in [1.82, 2.24) is 9.88 Å². The Morgan fingerprint density at radius 2 is 1.87 bits per heavy atom. The molecule has 0 saturated carbocycles. The Hall–Kier alpha value is -2.96. The van der Waals surface area contributed by atoms with Crippen LogP contribution in [0, 0.1) is 0 Å². The number of pyridine rings is 1. The molecular formula is C16H19N3O4. The first-order chi connectivity index (χ1) is 11.0. The number of hydrogen-bond acceptors (Lipinski definition) is 4. The molecule has 0 aliphatic heterocycles. The first kappa shape index (κ1) is 16.4. The summed E-state index contributed by atoms with van der Waals surface area (Å²) < 4.78 is 11.8. The lowest BCUT2D eigenvalue weighted by atomic mass is 10.2. The molecular weight excluding hydrogens is 298 g/mol. The summed E-state index contributed by atoms with van der Waals surface area (Å²) >= 11 is 0. The van der Waals surface area contributed by atoms with E-state index in [2.05, 4.69) is 10.6 Å². The maximum Gasteiger partial charge on any atom is 0.319 e. The Bertz CT molecular complexity index is 755. The third kappa shape index (κ3) is 4.26. The number of aromatic nitrogens is 1. The molecule has 1 aromatic carbocycles. The van der Waals surface area contributed by atoms with Crippen molar-refractivity contribution >= 4 is 11.7 Å². The van der Waals surface area contributed by atoms with Gasteiger partial charge in [-0.05, 0) is 23.8 Å². The van der Waals surface area contributed by atoms with E-state index in [9.17, 15) is 9.59 Å². The van der Waals surface area contributed by atoms with Gasteiger partial charge in [0, 0.05) is 25.9 Å². The molecule has 0 fully saturated rings. The summed E-state index contributed by atoms with van der Waals surface area (Å²) in [7, 11) is 4.74. The van der Waals surface area contributed by atoms with Gasteiger partial charge in [0.05, 0.1) is 19.9 Å². The number of nitrogens with zero attached hydrogens (tertiary/aromatic N) is 1. The van der Waals surface area contributed by atoms with Crippen molar-refractivity contribution in [3.05, 3.63) is 52.4 Å². The Balaban J connectivity index is 1.96. The summed E-state index contributed by atoms with van der Waals surface area (Å²) in [4.78, 5) is 23.2. The largest absolute Gasteiger partial charge is 0.493 e. The number of urea groups is 1. The summed E-state index contributed by atoms with van der Waals surface area (Å²) in [6.45, 7) is 0.331. The maximum absolute atomic E-state index is 11.9. The van der Waals surface area contributed by atoms with Crippen molar-refractivity contribution in [3.63, 3.8) is 0 Å². The molecule has 2 aromatic rings. The summed E-state index contributed by atoms with van der Waals surface area (Å²) in [5.74, 6) is 1.23. The predicted molar refractivity (Wildman–Crippen MR) is 87.1 cm³/mol. The number of carbonyl (C=O) groups is 1. The van der Waals surface area contributed by atoms with E-state index in [4.69, 9.17) is 9.47 Å². The first-order valence-electron chi connectivity index (χ1n) is 6.96. The van der Waals surface area contributed by atoms with Crippen LogP contribution in [0.5, 0.6) is 11.5 Å². The number of methoxy groups -OCH3 is 2. The Labute approximate surface area is 133 Å². The van der Waals surface area contributed by atoms with Gasteiger partial charge >= 0.3 is 6.03 Å². The van der Waals surface area contributed by atoms with Gasteiger partial charge in [-0.3, -0.25) is 4.79 Å². The van der Waals surface area contributed by atoms with Crippen LogP contribution in [0.3, 0.4) is 0 Å². The van der Waals surface area contributed by atoms with E-state index in [1.807, 2.05) is 6.07 Å². The number of ether oxygens (including phenoxy) is 2. The zero-order valence-electron chi connectivity index (χ0n) is 13.3. The minimum Gasteiger partial charge on any atom is -0.493 e. The summed E-state index contributed by atoms with van der Waals surface area (Å²) in [6.07, 6.45) is 1.55. The van der Waals surface area contributed by atoms with Gasteiger partial charge in [0.25, 0.3) is 0 Å². The highest BCUT2D eigenvalue weighted by Gasteiger charge is 2.06.